The Labute approximate surface area is 101 Å². The van der Waals surface area contributed by atoms with Gasteiger partial charge in [0.15, 0.2) is 0 Å². The van der Waals surface area contributed by atoms with Gasteiger partial charge in [-0.15, -0.1) is 0 Å². The molecule has 2 aromatic rings. The highest BCUT2D eigenvalue weighted by Crippen LogP contribution is 2.11. The average molecular weight is 233 g/mol. The van der Waals surface area contributed by atoms with Gasteiger partial charge in [-0.1, -0.05) is 13.8 Å². The Hall–Kier alpha value is -1.58. The van der Waals surface area contributed by atoms with Crippen LogP contribution in [-0.4, -0.2) is 14.0 Å². The molecular formula is C13H19N3O. The highest BCUT2D eigenvalue weighted by Gasteiger charge is 2.13. The second-order valence-electron chi connectivity index (χ2n) is 4.19. The van der Waals surface area contributed by atoms with Crippen LogP contribution in [0, 0.1) is 0 Å². The van der Waals surface area contributed by atoms with E-state index in [4.69, 9.17) is 0 Å². The predicted octanol–water partition coefficient (Wildman–Crippen LogP) is 2.03. The molecule has 0 unspecified atom stereocenters. The van der Waals surface area contributed by atoms with Gasteiger partial charge in [-0.05, 0) is 19.8 Å². The molecule has 4 heteroatoms. The minimum absolute atomic E-state index is 0.0710. The molecular weight excluding hydrogens is 214 g/mol. The molecule has 2 heterocycles. The molecule has 92 valence electrons. The summed E-state index contributed by atoms with van der Waals surface area (Å²) in [5.74, 6) is 1.000. The second-order valence-corrected chi connectivity index (χ2v) is 4.19. The molecule has 0 radical (unpaired) electrons. The third-order valence-electron chi connectivity index (χ3n) is 3.06. The van der Waals surface area contributed by atoms with Gasteiger partial charge in [-0.2, -0.15) is 0 Å². The minimum Gasteiger partial charge on any atom is -0.312 e. The quantitative estimate of drug-likeness (QED) is 0.810. The van der Waals surface area contributed by atoms with Crippen molar-refractivity contribution >= 4 is 5.52 Å². The fourth-order valence-electron chi connectivity index (χ4n) is 2.16. The highest BCUT2D eigenvalue weighted by molar-refractivity contribution is 5.51. The summed E-state index contributed by atoms with van der Waals surface area (Å²) in [5.41, 5.74) is 1.74. The zero-order valence-corrected chi connectivity index (χ0v) is 10.7. The smallest absolute Gasteiger partial charge is 0.276 e. The van der Waals surface area contributed by atoms with Crippen molar-refractivity contribution in [2.45, 2.75) is 46.6 Å². The summed E-state index contributed by atoms with van der Waals surface area (Å²) in [6.07, 6.45) is 6.55. The van der Waals surface area contributed by atoms with Crippen molar-refractivity contribution in [3.8, 4) is 0 Å². The van der Waals surface area contributed by atoms with Crippen LogP contribution in [0.1, 0.15) is 38.7 Å². The molecule has 0 saturated carbocycles. The van der Waals surface area contributed by atoms with Crippen molar-refractivity contribution in [2.75, 3.05) is 0 Å². The van der Waals surface area contributed by atoms with Gasteiger partial charge in [-0.25, -0.2) is 4.98 Å². The summed E-state index contributed by atoms with van der Waals surface area (Å²) in [6, 6.07) is 0. The van der Waals surface area contributed by atoms with Crippen molar-refractivity contribution in [1.82, 2.24) is 14.0 Å². The van der Waals surface area contributed by atoms with Gasteiger partial charge >= 0.3 is 0 Å². The van der Waals surface area contributed by atoms with Gasteiger partial charge in [0, 0.05) is 25.4 Å². The van der Waals surface area contributed by atoms with Crippen molar-refractivity contribution in [3.63, 3.8) is 0 Å². The van der Waals surface area contributed by atoms with E-state index in [9.17, 15) is 4.79 Å². The SMILES string of the molecule is CCCc1nc(CC)c2c(=O)n(CC)ccn12. The molecule has 17 heavy (non-hydrogen) atoms. The zero-order valence-electron chi connectivity index (χ0n) is 10.7. The molecule has 0 fully saturated rings. The number of hydrogen-bond acceptors (Lipinski definition) is 2. The fourth-order valence-corrected chi connectivity index (χ4v) is 2.16. The van der Waals surface area contributed by atoms with Crippen LogP contribution in [0.15, 0.2) is 17.2 Å². The molecule has 0 bridgehead atoms. The Morgan fingerprint density at radius 3 is 2.59 bits per heavy atom. The van der Waals surface area contributed by atoms with Gasteiger partial charge < -0.3 is 4.57 Å². The zero-order chi connectivity index (χ0) is 12.4. The van der Waals surface area contributed by atoms with Crippen LogP contribution in [0.3, 0.4) is 0 Å². The molecule has 0 atom stereocenters. The monoisotopic (exact) mass is 233 g/mol. The Morgan fingerprint density at radius 1 is 1.24 bits per heavy atom. The Kier molecular flexibility index (Phi) is 3.31. The molecule has 2 rings (SSSR count). The lowest BCUT2D eigenvalue weighted by Gasteiger charge is -2.04. The van der Waals surface area contributed by atoms with Gasteiger partial charge in [0.1, 0.15) is 11.3 Å². The van der Waals surface area contributed by atoms with E-state index in [1.807, 2.05) is 30.6 Å². The van der Waals surface area contributed by atoms with Crippen LogP contribution in [0.5, 0.6) is 0 Å². The van der Waals surface area contributed by atoms with E-state index in [0.29, 0.717) is 6.54 Å². The largest absolute Gasteiger partial charge is 0.312 e. The van der Waals surface area contributed by atoms with Crippen LogP contribution in [0.25, 0.3) is 5.52 Å². The van der Waals surface area contributed by atoms with E-state index in [-0.39, 0.29) is 5.56 Å². The topological polar surface area (TPSA) is 39.3 Å². The van der Waals surface area contributed by atoms with Crippen LogP contribution in [0.4, 0.5) is 0 Å². The first-order chi connectivity index (χ1) is 8.22. The van der Waals surface area contributed by atoms with E-state index < -0.39 is 0 Å². The summed E-state index contributed by atoms with van der Waals surface area (Å²) in [4.78, 5) is 16.8. The van der Waals surface area contributed by atoms with E-state index >= 15 is 0 Å². The van der Waals surface area contributed by atoms with Crippen molar-refractivity contribution in [1.29, 1.82) is 0 Å². The Bertz CT molecular complexity index is 580. The summed E-state index contributed by atoms with van der Waals surface area (Å²) in [6.45, 7) is 6.85. The van der Waals surface area contributed by atoms with Crippen LogP contribution < -0.4 is 5.56 Å². The Morgan fingerprint density at radius 2 is 2.00 bits per heavy atom. The molecule has 0 spiro atoms. The Balaban J connectivity index is 2.76. The first-order valence-corrected chi connectivity index (χ1v) is 6.32. The molecule has 0 N–H and O–H groups in total. The van der Waals surface area contributed by atoms with Gasteiger partial charge in [0.2, 0.25) is 0 Å². The fraction of sp³-hybridized carbons (Fsp3) is 0.538. The molecule has 0 aliphatic carbocycles. The number of aryl methyl sites for hydroxylation is 3. The summed E-state index contributed by atoms with van der Waals surface area (Å²) in [5, 5.41) is 0. The maximum absolute atomic E-state index is 12.3. The number of aromatic nitrogens is 3. The summed E-state index contributed by atoms with van der Waals surface area (Å²) < 4.78 is 3.68. The van der Waals surface area contributed by atoms with E-state index in [0.717, 1.165) is 36.3 Å². The number of fused-ring (bicyclic) bond motifs is 1. The lowest BCUT2D eigenvalue weighted by atomic mass is 10.3. The number of hydrogen-bond donors (Lipinski definition) is 0. The maximum Gasteiger partial charge on any atom is 0.276 e. The third-order valence-corrected chi connectivity index (χ3v) is 3.06. The van der Waals surface area contributed by atoms with E-state index in [1.54, 1.807) is 4.57 Å². The summed E-state index contributed by atoms with van der Waals surface area (Å²) >= 11 is 0. The lowest BCUT2D eigenvalue weighted by Crippen LogP contribution is -2.21. The van der Waals surface area contributed by atoms with E-state index in [1.165, 1.54) is 0 Å². The predicted molar refractivity (Wildman–Crippen MR) is 68.5 cm³/mol. The van der Waals surface area contributed by atoms with Crippen LogP contribution in [-0.2, 0) is 19.4 Å². The first-order valence-electron chi connectivity index (χ1n) is 6.32. The first kappa shape index (κ1) is 11.9. The third kappa shape index (κ3) is 1.88. The molecule has 0 aromatic carbocycles. The van der Waals surface area contributed by atoms with Crippen molar-refractivity contribution < 1.29 is 0 Å². The van der Waals surface area contributed by atoms with E-state index in [2.05, 4.69) is 11.9 Å². The normalized spacial score (nSPS) is 11.2. The van der Waals surface area contributed by atoms with Gasteiger partial charge in [-0.3, -0.25) is 9.20 Å². The number of imidazole rings is 1. The maximum atomic E-state index is 12.3. The molecule has 0 saturated heterocycles. The second kappa shape index (κ2) is 4.73. The van der Waals surface area contributed by atoms with Crippen molar-refractivity contribution in [3.05, 3.63) is 34.3 Å². The van der Waals surface area contributed by atoms with Gasteiger partial charge in [0.05, 0.1) is 5.69 Å². The molecule has 4 nitrogen and oxygen atoms in total. The minimum atomic E-state index is 0.0710. The van der Waals surface area contributed by atoms with Gasteiger partial charge in [0.25, 0.3) is 5.56 Å². The molecule has 2 aromatic heterocycles. The van der Waals surface area contributed by atoms with Crippen LogP contribution >= 0.6 is 0 Å². The number of nitrogens with zero attached hydrogens (tertiary/aromatic N) is 3. The molecule has 0 aliphatic heterocycles. The van der Waals surface area contributed by atoms with Crippen LogP contribution in [0.2, 0.25) is 0 Å². The summed E-state index contributed by atoms with van der Waals surface area (Å²) in [7, 11) is 0. The molecule has 0 amide bonds. The number of rotatable bonds is 4. The molecule has 0 aliphatic rings. The highest BCUT2D eigenvalue weighted by atomic mass is 16.1. The lowest BCUT2D eigenvalue weighted by molar-refractivity contribution is 0.716. The van der Waals surface area contributed by atoms with Crippen molar-refractivity contribution in [2.24, 2.45) is 0 Å². The average Bonchev–Trinajstić information content (AvgIpc) is 2.69. The standard InChI is InChI=1S/C13H19N3O/c1-4-7-11-14-10(5-2)12-13(17)15(6-3)8-9-16(11)12/h8-9H,4-7H2,1-3H3.